The summed E-state index contributed by atoms with van der Waals surface area (Å²) in [6, 6.07) is 7.97. The molecule has 100 valence electrons. The second-order valence-corrected chi connectivity index (χ2v) is 4.95. The fraction of sp³-hybridized carbons (Fsp3) is 0.429. The van der Waals surface area contributed by atoms with E-state index in [0.29, 0.717) is 18.3 Å². The zero-order chi connectivity index (χ0) is 13.1. The van der Waals surface area contributed by atoms with Crippen LogP contribution in [0.5, 0.6) is 5.75 Å². The van der Waals surface area contributed by atoms with Gasteiger partial charge in [-0.15, -0.1) is 10.2 Å². The Balaban J connectivity index is 1.68. The Morgan fingerprint density at radius 2 is 2.16 bits per heavy atom. The summed E-state index contributed by atoms with van der Waals surface area (Å²) in [6.45, 7) is 0.431. The minimum Gasteiger partial charge on any atom is -0.486 e. The number of hydrogen-bond acceptors (Lipinski definition) is 4. The predicted octanol–water partition coefficient (Wildman–Crippen LogP) is 2.55. The van der Waals surface area contributed by atoms with Crippen LogP contribution in [-0.2, 0) is 6.61 Å². The molecule has 1 aromatic heterocycles. The van der Waals surface area contributed by atoms with Gasteiger partial charge in [0.25, 0.3) is 0 Å². The van der Waals surface area contributed by atoms with Gasteiger partial charge in [0.1, 0.15) is 18.7 Å². The van der Waals surface area contributed by atoms with Crippen molar-refractivity contribution in [2.24, 2.45) is 0 Å². The maximum absolute atomic E-state index is 5.73. The molecule has 0 radical (unpaired) electrons. The molecule has 0 bridgehead atoms. The maximum Gasteiger partial charge on any atom is 0.171 e. The number of hydrogen-bond donors (Lipinski definition) is 1. The minimum atomic E-state index is 0.431. The summed E-state index contributed by atoms with van der Waals surface area (Å²) in [7, 11) is 0. The number of rotatable bonds is 4. The van der Waals surface area contributed by atoms with Gasteiger partial charge in [0.15, 0.2) is 5.82 Å². The monoisotopic (exact) mass is 258 g/mol. The molecule has 1 heterocycles. The number of aromatic nitrogens is 3. The molecule has 1 aliphatic carbocycles. The highest BCUT2D eigenvalue weighted by molar-refractivity contribution is 5.43. The number of anilines is 1. The molecule has 19 heavy (non-hydrogen) atoms. The third-order valence-corrected chi connectivity index (χ3v) is 3.59. The predicted molar refractivity (Wildman–Crippen MR) is 72.7 cm³/mol. The van der Waals surface area contributed by atoms with Gasteiger partial charge < -0.3 is 15.0 Å². The van der Waals surface area contributed by atoms with Crippen molar-refractivity contribution in [1.82, 2.24) is 14.8 Å². The molecule has 0 amide bonds. The van der Waals surface area contributed by atoms with Crippen molar-refractivity contribution in [3.05, 3.63) is 36.4 Å². The summed E-state index contributed by atoms with van der Waals surface area (Å²) in [5, 5.41) is 8.16. The van der Waals surface area contributed by atoms with E-state index >= 15 is 0 Å². The van der Waals surface area contributed by atoms with Crippen LogP contribution in [0.2, 0.25) is 0 Å². The molecule has 1 fully saturated rings. The average molecular weight is 258 g/mol. The Morgan fingerprint density at radius 3 is 2.95 bits per heavy atom. The molecule has 5 heteroatoms. The van der Waals surface area contributed by atoms with E-state index in [4.69, 9.17) is 10.5 Å². The molecule has 5 nitrogen and oxygen atoms in total. The van der Waals surface area contributed by atoms with E-state index in [1.165, 1.54) is 25.7 Å². The van der Waals surface area contributed by atoms with Crippen LogP contribution in [0.4, 0.5) is 5.69 Å². The first-order valence-electron chi connectivity index (χ1n) is 6.69. The Morgan fingerprint density at radius 1 is 1.32 bits per heavy atom. The molecule has 0 unspecified atom stereocenters. The number of nitrogens with zero attached hydrogens (tertiary/aromatic N) is 3. The Kier molecular flexibility index (Phi) is 3.35. The lowest BCUT2D eigenvalue weighted by atomic mass is 10.2. The molecule has 0 spiro atoms. The molecular formula is C14H18N4O. The lowest BCUT2D eigenvalue weighted by Gasteiger charge is -2.14. The number of nitrogen functional groups attached to an aromatic ring is 1. The third-order valence-electron chi connectivity index (χ3n) is 3.59. The maximum atomic E-state index is 5.73. The topological polar surface area (TPSA) is 66.0 Å². The lowest BCUT2D eigenvalue weighted by molar-refractivity contribution is 0.283. The van der Waals surface area contributed by atoms with Crippen molar-refractivity contribution in [1.29, 1.82) is 0 Å². The smallest absolute Gasteiger partial charge is 0.171 e. The van der Waals surface area contributed by atoms with Crippen LogP contribution in [-0.4, -0.2) is 14.8 Å². The van der Waals surface area contributed by atoms with Gasteiger partial charge in [0, 0.05) is 17.8 Å². The van der Waals surface area contributed by atoms with E-state index in [0.717, 1.165) is 11.6 Å². The molecule has 1 aromatic carbocycles. The largest absolute Gasteiger partial charge is 0.486 e. The van der Waals surface area contributed by atoms with Crippen LogP contribution in [0.15, 0.2) is 30.6 Å². The van der Waals surface area contributed by atoms with Crippen molar-refractivity contribution in [3.63, 3.8) is 0 Å². The fourth-order valence-corrected chi connectivity index (χ4v) is 2.61. The molecular weight excluding hydrogens is 240 g/mol. The van der Waals surface area contributed by atoms with Crippen LogP contribution in [0.1, 0.15) is 37.5 Å². The second kappa shape index (κ2) is 5.30. The van der Waals surface area contributed by atoms with Crippen molar-refractivity contribution in [2.45, 2.75) is 38.3 Å². The number of nitrogens with two attached hydrogens (primary N) is 1. The quantitative estimate of drug-likeness (QED) is 0.856. The van der Waals surface area contributed by atoms with E-state index in [9.17, 15) is 0 Å². The van der Waals surface area contributed by atoms with E-state index in [-0.39, 0.29) is 0 Å². The molecule has 2 N–H and O–H groups in total. The zero-order valence-corrected chi connectivity index (χ0v) is 10.8. The van der Waals surface area contributed by atoms with Crippen LogP contribution in [0.3, 0.4) is 0 Å². The molecule has 0 aliphatic heterocycles. The van der Waals surface area contributed by atoms with Gasteiger partial charge in [0.05, 0.1) is 0 Å². The van der Waals surface area contributed by atoms with E-state index in [1.54, 1.807) is 0 Å². The summed E-state index contributed by atoms with van der Waals surface area (Å²) in [4.78, 5) is 0. The first-order chi connectivity index (χ1) is 9.33. The van der Waals surface area contributed by atoms with Gasteiger partial charge in [0.2, 0.25) is 0 Å². The van der Waals surface area contributed by atoms with Gasteiger partial charge in [-0.1, -0.05) is 18.9 Å². The summed E-state index contributed by atoms with van der Waals surface area (Å²) in [5.41, 5.74) is 6.43. The van der Waals surface area contributed by atoms with Crippen LogP contribution < -0.4 is 10.5 Å². The molecule has 1 aliphatic rings. The van der Waals surface area contributed by atoms with E-state index in [2.05, 4.69) is 14.8 Å². The SMILES string of the molecule is Nc1cccc(OCc2nncn2C2CCCC2)c1. The molecule has 3 rings (SSSR count). The van der Waals surface area contributed by atoms with Crippen molar-refractivity contribution >= 4 is 5.69 Å². The first kappa shape index (κ1) is 12.0. The van der Waals surface area contributed by atoms with Crippen LogP contribution in [0, 0.1) is 0 Å². The highest BCUT2D eigenvalue weighted by Crippen LogP contribution is 2.30. The zero-order valence-electron chi connectivity index (χ0n) is 10.8. The van der Waals surface area contributed by atoms with Gasteiger partial charge in [-0.05, 0) is 25.0 Å². The Bertz CT molecular complexity index is 546. The van der Waals surface area contributed by atoms with E-state index < -0.39 is 0 Å². The normalized spacial score (nSPS) is 15.8. The average Bonchev–Trinajstić information content (AvgIpc) is 3.07. The third kappa shape index (κ3) is 2.70. The van der Waals surface area contributed by atoms with E-state index in [1.807, 2.05) is 30.6 Å². The summed E-state index contributed by atoms with van der Waals surface area (Å²) < 4.78 is 7.88. The van der Waals surface area contributed by atoms with Gasteiger partial charge in [-0.2, -0.15) is 0 Å². The first-order valence-corrected chi connectivity index (χ1v) is 6.69. The summed E-state index contributed by atoms with van der Waals surface area (Å²) in [6.07, 6.45) is 6.82. The van der Waals surface area contributed by atoms with Gasteiger partial charge in [-0.3, -0.25) is 0 Å². The van der Waals surface area contributed by atoms with Gasteiger partial charge in [-0.25, -0.2) is 0 Å². The van der Waals surface area contributed by atoms with Crippen molar-refractivity contribution < 1.29 is 4.74 Å². The molecule has 1 saturated carbocycles. The van der Waals surface area contributed by atoms with Crippen molar-refractivity contribution in [3.8, 4) is 5.75 Å². The lowest BCUT2D eigenvalue weighted by Crippen LogP contribution is -2.10. The highest BCUT2D eigenvalue weighted by atomic mass is 16.5. The standard InChI is InChI=1S/C14H18N4O/c15-11-4-3-7-13(8-11)19-9-14-17-16-10-18(14)12-5-1-2-6-12/h3-4,7-8,10,12H,1-2,5-6,9,15H2. The Hall–Kier alpha value is -2.04. The fourth-order valence-electron chi connectivity index (χ4n) is 2.61. The molecule has 0 saturated heterocycles. The number of ether oxygens (including phenoxy) is 1. The highest BCUT2D eigenvalue weighted by Gasteiger charge is 2.19. The molecule has 0 atom stereocenters. The summed E-state index contributed by atoms with van der Waals surface area (Å²) >= 11 is 0. The van der Waals surface area contributed by atoms with Crippen molar-refractivity contribution in [2.75, 3.05) is 5.73 Å². The Labute approximate surface area is 112 Å². The molecule has 2 aromatic rings. The van der Waals surface area contributed by atoms with Gasteiger partial charge >= 0.3 is 0 Å². The second-order valence-electron chi connectivity index (χ2n) is 4.95. The van der Waals surface area contributed by atoms with Crippen LogP contribution in [0.25, 0.3) is 0 Å². The van der Waals surface area contributed by atoms with Crippen LogP contribution >= 0.6 is 0 Å². The minimum absolute atomic E-state index is 0.431. The number of benzene rings is 1. The summed E-state index contributed by atoms with van der Waals surface area (Å²) in [5.74, 6) is 1.65.